The van der Waals surface area contributed by atoms with E-state index in [0.29, 0.717) is 31.5 Å². The van der Waals surface area contributed by atoms with Gasteiger partial charge in [0.05, 0.1) is 5.01 Å². The molecule has 1 heterocycles. The van der Waals surface area contributed by atoms with Gasteiger partial charge in [-0.3, -0.25) is 9.59 Å². The molecule has 0 atom stereocenters. The molecule has 0 radical (unpaired) electrons. The highest BCUT2D eigenvalue weighted by Gasteiger charge is 2.56. The number of hydrogen-bond acceptors (Lipinski definition) is 4. The van der Waals surface area contributed by atoms with Crippen LogP contribution in [0.15, 0.2) is 29.6 Å². The summed E-state index contributed by atoms with van der Waals surface area (Å²) in [6, 6.07) is 5.49. The molecule has 2 N–H and O–H groups in total. The standard InChI is InChI=1S/C17H18FN3O2S/c1-11-10-24-14(20-11)6-9-19-15(22)17(7-8-17)16(23)21-13-4-2-12(18)3-5-13/h2-5,10H,6-9H2,1H3,(H,19,22)(H,21,23). The van der Waals surface area contributed by atoms with Crippen LogP contribution in [0.3, 0.4) is 0 Å². The molecule has 0 spiro atoms. The third-order valence-corrected chi connectivity index (χ3v) is 5.04. The third kappa shape index (κ3) is 3.62. The van der Waals surface area contributed by atoms with E-state index in [-0.39, 0.29) is 17.6 Å². The number of carbonyl (C=O) groups excluding carboxylic acids is 2. The number of hydrogen-bond donors (Lipinski definition) is 2. The van der Waals surface area contributed by atoms with Crippen LogP contribution < -0.4 is 10.6 Å². The Morgan fingerprint density at radius 3 is 2.54 bits per heavy atom. The molecule has 1 aliphatic rings. The van der Waals surface area contributed by atoms with E-state index in [2.05, 4.69) is 15.6 Å². The Balaban J connectivity index is 1.53. The van der Waals surface area contributed by atoms with E-state index in [9.17, 15) is 14.0 Å². The summed E-state index contributed by atoms with van der Waals surface area (Å²) >= 11 is 1.56. The zero-order valence-corrected chi connectivity index (χ0v) is 14.1. The predicted octanol–water partition coefficient (Wildman–Crippen LogP) is 2.67. The molecule has 0 bridgehead atoms. The first-order valence-corrected chi connectivity index (χ1v) is 8.64. The Bertz CT molecular complexity index is 753. The molecular weight excluding hydrogens is 329 g/mol. The summed E-state index contributed by atoms with van der Waals surface area (Å²) in [5.41, 5.74) is 0.463. The molecule has 126 valence electrons. The van der Waals surface area contributed by atoms with Gasteiger partial charge in [-0.25, -0.2) is 9.37 Å². The minimum Gasteiger partial charge on any atom is -0.355 e. The lowest BCUT2D eigenvalue weighted by atomic mass is 10.0. The summed E-state index contributed by atoms with van der Waals surface area (Å²) in [4.78, 5) is 29.1. The summed E-state index contributed by atoms with van der Waals surface area (Å²) in [6.07, 6.45) is 1.71. The van der Waals surface area contributed by atoms with Gasteiger partial charge in [0.2, 0.25) is 11.8 Å². The minimum absolute atomic E-state index is 0.254. The van der Waals surface area contributed by atoms with E-state index in [0.717, 1.165) is 10.7 Å². The van der Waals surface area contributed by atoms with E-state index < -0.39 is 5.41 Å². The molecule has 1 aliphatic carbocycles. The van der Waals surface area contributed by atoms with Gasteiger partial charge in [-0.1, -0.05) is 0 Å². The maximum Gasteiger partial charge on any atom is 0.240 e. The lowest BCUT2D eigenvalue weighted by molar-refractivity contribution is -0.134. The van der Waals surface area contributed by atoms with Crippen molar-refractivity contribution in [3.63, 3.8) is 0 Å². The molecule has 5 nitrogen and oxygen atoms in total. The Kier molecular flexibility index (Phi) is 4.62. The van der Waals surface area contributed by atoms with E-state index in [4.69, 9.17) is 0 Å². The minimum atomic E-state index is -0.993. The Morgan fingerprint density at radius 1 is 1.25 bits per heavy atom. The van der Waals surface area contributed by atoms with Crippen molar-refractivity contribution in [3.05, 3.63) is 46.2 Å². The molecule has 0 aliphatic heterocycles. The number of anilines is 1. The second-order valence-electron chi connectivity index (χ2n) is 5.93. The largest absolute Gasteiger partial charge is 0.355 e. The van der Waals surface area contributed by atoms with Crippen molar-refractivity contribution in [1.29, 1.82) is 0 Å². The molecule has 1 aromatic heterocycles. The van der Waals surface area contributed by atoms with Gasteiger partial charge in [0.15, 0.2) is 0 Å². The average Bonchev–Trinajstić information content (AvgIpc) is 3.28. The number of carbonyl (C=O) groups is 2. The number of amides is 2. The van der Waals surface area contributed by atoms with Crippen LogP contribution in [0, 0.1) is 18.2 Å². The van der Waals surface area contributed by atoms with Crippen molar-refractivity contribution in [2.75, 3.05) is 11.9 Å². The highest BCUT2D eigenvalue weighted by atomic mass is 32.1. The van der Waals surface area contributed by atoms with Gasteiger partial charge in [0.1, 0.15) is 11.2 Å². The fourth-order valence-electron chi connectivity index (χ4n) is 2.44. The summed E-state index contributed by atoms with van der Waals surface area (Å²) in [5.74, 6) is -0.962. The van der Waals surface area contributed by atoms with Crippen molar-refractivity contribution >= 4 is 28.8 Å². The van der Waals surface area contributed by atoms with Crippen LogP contribution in [0.4, 0.5) is 10.1 Å². The normalized spacial score (nSPS) is 14.9. The molecule has 24 heavy (non-hydrogen) atoms. The fraction of sp³-hybridized carbons (Fsp3) is 0.353. The molecule has 2 aromatic rings. The second-order valence-corrected chi connectivity index (χ2v) is 6.87. The van der Waals surface area contributed by atoms with Crippen molar-refractivity contribution in [2.45, 2.75) is 26.2 Å². The number of benzene rings is 1. The number of nitrogens with zero attached hydrogens (tertiary/aromatic N) is 1. The number of aryl methyl sites for hydroxylation is 1. The van der Waals surface area contributed by atoms with Crippen molar-refractivity contribution in [3.8, 4) is 0 Å². The lowest BCUT2D eigenvalue weighted by Gasteiger charge is -2.15. The number of aromatic nitrogens is 1. The Hall–Kier alpha value is -2.28. The van der Waals surface area contributed by atoms with Gasteiger partial charge in [0, 0.05) is 29.7 Å². The predicted molar refractivity (Wildman–Crippen MR) is 90.3 cm³/mol. The second kappa shape index (κ2) is 6.68. The summed E-state index contributed by atoms with van der Waals surface area (Å²) in [5, 5.41) is 8.45. The van der Waals surface area contributed by atoms with Gasteiger partial charge >= 0.3 is 0 Å². The highest BCUT2D eigenvalue weighted by Crippen LogP contribution is 2.46. The van der Waals surface area contributed by atoms with Crippen molar-refractivity contribution < 1.29 is 14.0 Å². The zero-order valence-electron chi connectivity index (χ0n) is 13.3. The van der Waals surface area contributed by atoms with Gasteiger partial charge in [-0.05, 0) is 44.0 Å². The number of nitrogens with one attached hydrogen (secondary N) is 2. The van der Waals surface area contributed by atoms with E-state index >= 15 is 0 Å². The molecule has 0 unspecified atom stereocenters. The Labute approximate surface area is 143 Å². The highest BCUT2D eigenvalue weighted by molar-refractivity contribution is 7.09. The van der Waals surface area contributed by atoms with Crippen LogP contribution in [0.1, 0.15) is 23.5 Å². The number of halogens is 1. The molecule has 7 heteroatoms. The molecule has 0 saturated heterocycles. The molecule has 1 aromatic carbocycles. The van der Waals surface area contributed by atoms with Crippen LogP contribution in [-0.2, 0) is 16.0 Å². The van der Waals surface area contributed by atoms with Crippen LogP contribution in [-0.4, -0.2) is 23.3 Å². The van der Waals surface area contributed by atoms with Gasteiger partial charge < -0.3 is 10.6 Å². The molecule has 1 saturated carbocycles. The first-order valence-electron chi connectivity index (χ1n) is 7.76. The van der Waals surface area contributed by atoms with Gasteiger partial charge in [-0.15, -0.1) is 11.3 Å². The zero-order chi connectivity index (χ0) is 17.2. The molecule has 3 rings (SSSR count). The molecular formula is C17H18FN3O2S. The summed E-state index contributed by atoms with van der Waals surface area (Å²) in [6.45, 7) is 2.38. The lowest BCUT2D eigenvalue weighted by Crippen LogP contribution is -2.40. The van der Waals surface area contributed by atoms with Gasteiger partial charge in [0.25, 0.3) is 0 Å². The quantitative estimate of drug-likeness (QED) is 0.789. The van der Waals surface area contributed by atoms with Crippen LogP contribution >= 0.6 is 11.3 Å². The monoisotopic (exact) mass is 347 g/mol. The average molecular weight is 347 g/mol. The molecule has 2 amide bonds. The fourth-order valence-corrected chi connectivity index (χ4v) is 3.21. The first kappa shape index (κ1) is 16.6. The molecule has 1 fully saturated rings. The topological polar surface area (TPSA) is 71.1 Å². The number of rotatable bonds is 6. The van der Waals surface area contributed by atoms with Crippen LogP contribution in [0.5, 0.6) is 0 Å². The third-order valence-electron chi connectivity index (χ3n) is 4.01. The first-order chi connectivity index (χ1) is 11.5. The number of thiazole rings is 1. The summed E-state index contributed by atoms with van der Waals surface area (Å²) in [7, 11) is 0. The van der Waals surface area contributed by atoms with Crippen molar-refractivity contribution in [2.24, 2.45) is 5.41 Å². The van der Waals surface area contributed by atoms with Crippen LogP contribution in [0.25, 0.3) is 0 Å². The Morgan fingerprint density at radius 2 is 1.96 bits per heavy atom. The van der Waals surface area contributed by atoms with E-state index in [1.165, 1.54) is 24.3 Å². The van der Waals surface area contributed by atoms with Crippen LogP contribution in [0.2, 0.25) is 0 Å². The summed E-state index contributed by atoms with van der Waals surface area (Å²) < 4.78 is 12.9. The van der Waals surface area contributed by atoms with E-state index in [1.807, 2.05) is 12.3 Å². The van der Waals surface area contributed by atoms with Crippen molar-refractivity contribution in [1.82, 2.24) is 10.3 Å². The van der Waals surface area contributed by atoms with E-state index in [1.54, 1.807) is 11.3 Å². The maximum atomic E-state index is 12.9. The smallest absolute Gasteiger partial charge is 0.240 e. The van der Waals surface area contributed by atoms with Gasteiger partial charge in [-0.2, -0.15) is 0 Å². The maximum absolute atomic E-state index is 12.9. The SMILES string of the molecule is Cc1csc(CCNC(=O)C2(C(=O)Nc3ccc(F)cc3)CC2)n1.